The van der Waals surface area contributed by atoms with Crippen LogP contribution in [0.3, 0.4) is 0 Å². The van der Waals surface area contributed by atoms with Crippen molar-refractivity contribution >= 4 is 5.78 Å². The Balaban J connectivity index is 2.20. The number of carbonyl (C=O) groups excluding carboxylic acids is 1. The summed E-state index contributed by atoms with van der Waals surface area (Å²) in [5.41, 5.74) is -1.11. The maximum Gasteiger partial charge on any atom is 0.139 e. The predicted molar refractivity (Wildman–Crippen MR) is 53.7 cm³/mol. The van der Waals surface area contributed by atoms with E-state index in [4.69, 9.17) is 14.2 Å². The summed E-state index contributed by atoms with van der Waals surface area (Å²) in [6.07, 6.45) is 4.70. The molecule has 2 heterocycles. The summed E-state index contributed by atoms with van der Waals surface area (Å²) in [6, 6.07) is 0. The topological polar surface area (TPSA) is 44.8 Å². The van der Waals surface area contributed by atoms with E-state index in [2.05, 4.69) is 0 Å². The van der Waals surface area contributed by atoms with Gasteiger partial charge in [-0.3, -0.25) is 4.79 Å². The van der Waals surface area contributed by atoms with Crippen LogP contribution in [0.25, 0.3) is 0 Å². The number of Topliss-reactive ketones (excluding diaryl/α,β-unsaturated/α-hetero) is 1. The van der Waals surface area contributed by atoms with Gasteiger partial charge in [-0.15, -0.1) is 0 Å². The molecule has 0 aromatic rings. The van der Waals surface area contributed by atoms with E-state index < -0.39 is 11.2 Å². The molecule has 84 valence electrons. The van der Waals surface area contributed by atoms with E-state index in [0.29, 0.717) is 26.1 Å². The van der Waals surface area contributed by atoms with Gasteiger partial charge in [0, 0.05) is 27.1 Å². The number of hydrogen-bond donors (Lipinski definition) is 0. The number of fused-ring (bicyclic) bond motifs is 2. The van der Waals surface area contributed by atoms with Crippen molar-refractivity contribution in [3.05, 3.63) is 12.2 Å². The summed E-state index contributed by atoms with van der Waals surface area (Å²) in [6.45, 7) is 0.835. The van der Waals surface area contributed by atoms with Gasteiger partial charge in [-0.05, 0) is 0 Å². The van der Waals surface area contributed by atoms with Gasteiger partial charge in [0.25, 0.3) is 0 Å². The minimum Gasteiger partial charge on any atom is -0.381 e. The van der Waals surface area contributed by atoms with Crippen molar-refractivity contribution in [2.45, 2.75) is 24.0 Å². The second-order valence-corrected chi connectivity index (χ2v) is 4.32. The Morgan fingerprint density at radius 2 is 1.67 bits per heavy atom. The normalized spacial score (nSPS) is 38.7. The van der Waals surface area contributed by atoms with Gasteiger partial charge in [-0.25, -0.2) is 0 Å². The van der Waals surface area contributed by atoms with E-state index >= 15 is 0 Å². The highest BCUT2D eigenvalue weighted by Gasteiger charge is 2.51. The molecule has 0 aromatic carbocycles. The van der Waals surface area contributed by atoms with Crippen LogP contribution in [0.2, 0.25) is 0 Å². The highest BCUT2D eigenvalue weighted by atomic mass is 16.6. The Morgan fingerprint density at radius 3 is 2.07 bits per heavy atom. The first-order valence-corrected chi connectivity index (χ1v) is 5.04. The zero-order valence-electron chi connectivity index (χ0n) is 9.12. The molecule has 0 N–H and O–H groups in total. The van der Waals surface area contributed by atoms with Crippen LogP contribution >= 0.6 is 0 Å². The van der Waals surface area contributed by atoms with Crippen LogP contribution in [0.15, 0.2) is 12.2 Å². The van der Waals surface area contributed by atoms with Crippen molar-refractivity contribution in [3.8, 4) is 0 Å². The molecule has 4 nitrogen and oxygen atoms in total. The second kappa shape index (κ2) is 3.70. The Kier molecular flexibility index (Phi) is 2.66. The second-order valence-electron chi connectivity index (χ2n) is 4.32. The fourth-order valence-corrected chi connectivity index (χ4v) is 2.44. The Morgan fingerprint density at radius 1 is 1.20 bits per heavy atom. The first-order valence-electron chi connectivity index (χ1n) is 5.04. The van der Waals surface area contributed by atoms with Crippen LogP contribution in [-0.2, 0) is 19.0 Å². The Labute approximate surface area is 89.2 Å². The molecule has 0 aromatic heterocycles. The fourth-order valence-electron chi connectivity index (χ4n) is 2.44. The molecular weight excluding hydrogens is 196 g/mol. The molecule has 0 amide bonds. The van der Waals surface area contributed by atoms with Crippen LogP contribution in [-0.4, -0.2) is 44.4 Å². The molecule has 1 fully saturated rings. The average molecular weight is 212 g/mol. The number of rotatable bonds is 4. The van der Waals surface area contributed by atoms with Crippen LogP contribution < -0.4 is 0 Å². The largest absolute Gasteiger partial charge is 0.381 e. The molecule has 15 heavy (non-hydrogen) atoms. The van der Waals surface area contributed by atoms with Crippen molar-refractivity contribution in [2.75, 3.05) is 27.4 Å². The third-order valence-corrected chi connectivity index (χ3v) is 2.87. The van der Waals surface area contributed by atoms with E-state index in [0.717, 1.165) is 0 Å². The average Bonchev–Trinajstić information content (AvgIpc) is 2.39. The number of methoxy groups -OCH3 is 2. The Hall–Kier alpha value is -0.710. The van der Waals surface area contributed by atoms with E-state index in [-0.39, 0.29) is 5.78 Å². The van der Waals surface area contributed by atoms with Gasteiger partial charge in [0.1, 0.15) is 17.0 Å². The number of carbonyl (C=O) groups is 1. The van der Waals surface area contributed by atoms with Crippen LogP contribution in [0.4, 0.5) is 0 Å². The number of hydrogen-bond acceptors (Lipinski definition) is 4. The third kappa shape index (κ3) is 1.85. The molecular formula is C11H16O4. The van der Waals surface area contributed by atoms with E-state index in [1.807, 2.05) is 12.2 Å². The molecule has 4 heteroatoms. The SMILES string of the molecule is COCC12C=CC(COC)(CC(=O)C1)O2. The van der Waals surface area contributed by atoms with Gasteiger partial charge in [0.15, 0.2) is 0 Å². The van der Waals surface area contributed by atoms with Crippen molar-refractivity contribution in [1.82, 2.24) is 0 Å². The molecule has 2 rings (SSSR count). The Bertz CT molecular complexity index is 273. The maximum absolute atomic E-state index is 11.7. The quantitative estimate of drug-likeness (QED) is 0.644. The molecule has 0 aliphatic carbocycles. The van der Waals surface area contributed by atoms with Gasteiger partial charge < -0.3 is 14.2 Å². The fraction of sp³-hybridized carbons (Fsp3) is 0.727. The van der Waals surface area contributed by atoms with Gasteiger partial charge in [0.05, 0.1) is 13.2 Å². The molecule has 2 atom stereocenters. The summed E-state index contributed by atoms with van der Waals surface area (Å²) < 4.78 is 16.2. The minimum atomic E-state index is -0.553. The summed E-state index contributed by atoms with van der Waals surface area (Å²) in [7, 11) is 3.22. The summed E-state index contributed by atoms with van der Waals surface area (Å²) in [5, 5.41) is 0. The predicted octanol–water partition coefficient (Wildman–Crippen LogP) is 0.706. The third-order valence-electron chi connectivity index (χ3n) is 2.87. The van der Waals surface area contributed by atoms with Crippen LogP contribution in [0, 0.1) is 0 Å². The molecule has 2 aliphatic heterocycles. The van der Waals surface area contributed by atoms with Gasteiger partial charge in [-0.1, -0.05) is 12.2 Å². The monoisotopic (exact) mass is 212 g/mol. The van der Waals surface area contributed by atoms with Gasteiger partial charge in [0.2, 0.25) is 0 Å². The zero-order valence-corrected chi connectivity index (χ0v) is 9.12. The first-order chi connectivity index (χ1) is 7.14. The van der Waals surface area contributed by atoms with Crippen molar-refractivity contribution in [3.63, 3.8) is 0 Å². The van der Waals surface area contributed by atoms with Gasteiger partial charge >= 0.3 is 0 Å². The van der Waals surface area contributed by atoms with Crippen molar-refractivity contribution < 1.29 is 19.0 Å². The van der Waals surface area contributed by atoms with Crippen LogP contribution in [0.1, 0.15) is 12.8 Å². The van der Waals surface area contributed by atoms with Crippen molar-refractivity contribution in [2.24, 2.45) is 0 Å². The summed E-state index contributed by atoms with van der Waals surface area (Å²) in [4.78, 5) is 11.7. The first kappa shape index (κ1) is 10.8. The van der Waals surface area contributed by atoms with E-state index in [1.54, 1.807) is 14.2 Å². The number of ether oxygens (including phenoxy) is 3. The summed E-state index contributed by atoms with van der Waals surface area (Å²) in [5.74, 6) is 0.209. The highest BCUT2D eigenvalue weighted by molar-refractivity contribution is 5.83. The maximum atomic E-state index is 11.7. The lowest BCUT2D eigenvalue weighted by Crippen LogP contribution is -2.49. The van der Waals surface area contributed by atoms with E-state index in [1.165, 1.54) is 0 Å². The molecule has 0 radical (unpaired) electrons. The molecule has 2 unspecified atom stereocenters. The standard InChI is InChI=1S/C11H16O4/c1-13-7-10-3-4-11(15-10,8-14-2)6-9(12)5-10/h3-4H,5-8H2,1-2H3. The van der Waals surface area contributed by atoms with Gasteiger partial charge in [-0.2, -0.15) is 0 Å². The number of ketones is 1. The minimum absolute atomic E-state index is 0.209. The molecule has 1 saturated heterocycles. The summed E-state index contributed by atoms with van der Waals surface area (Å²) >= 11 is 0. The lowest BCUT2D eigenvalue weighted by atomic mass is 9.91. The lowest BCUT2D eigenvalue weighted by molar-refractivity contribution is -0.174. The zero-order chi connectivity index (χ0) is 10.9. The smallest absolute Gasteiger partial charge is 0.139 e. The molecule has 2 bridgehead atoms. The van der Waals surface area contributed by atoms with Crippen LogP contribution in [0.5, 0.6) is 0 Å². The molecule has 0 saturated carbocycles. The molecule has 0 spiro atoms. The molecule has 2 aliphatic rings. The van der Waals surface area contributed by atoms with E-state index in [9.17, 15) is 4.79 Å². The lowest BCUT2D eigenvalue weighted by Gasteiger charge is -2.38. The highest BCUT2D eigenvalue weighted by Crippen LogP contribution is 2.41. The van der Waals surface area contributed by atoms with Crippen molar-refractivity contribution in [1.29, 1.82) is 0 Å².